The Balaban J connectivity index is 1.88. The Hall–Kier alpha value is -3.74. The fourth-order valence-electron chi connectivity index (χ4n) is 2.56. The Morgan fingerprint density at radius 1 is 1.12 bits per heavy atom. The van der Waals surface area contributed by atoms with Crippen LogP contribution < -0.4 is 5.32 Å². The summed E-state index contributed by atoms with van der Waals surface area (Å²) in [4.78, 5) is 37.7. The number of anilines is 1. The maximum atomic E-state index is 12.5. The molecule has 3 aromatic rings. The molecule has 130 valence electrons. The number of benzene rings is 2. The molecule has 7 heteroatoms. The molecule has 0 aliphatic heterocycles. The van der Waals surface area contributed by atoms with E-state index in [1.165, 1.54) is 37.3 Å². The number of carbonyl (C=O) groups is 2. The predicted octanol–water partition coefficient (Wildman–Crippen LogP) is 3.69. The SMILES string of the molecule is CC(=O)/C(=C/c1c[nH]c2ccccc12)C(=O)Nc1ccc([N+](=O)[O-])cc1. The lowest BCUT2D eigenvalue weighted by atomic mass is 10.1. The van der Waals surface area contributed by atoms with Crippen LogP contribution in [-0.2, 0) is 9.59 Å². The van der Waals surface area contributed by atoms with Gasteiger partial charge in [-0.25, -0.2) is 0 Å². The van der Waals surface area contributed by atoms with Gasteiger partial charge >= 0.3 is 0 Å². The van der Waals surface area contributed by atoms with Gasteiger partial charge in [-0.05, 0) is 31.2 Å². The summed E-state index contributed by atoms with van der Waals surface area (Å²) in [5.74, 6) is -0.952. The van der Waals surface area contributed by atoms with E-state index in [-0.39, 0.29) is 17.0 Å². The fraction of sp³-hybridized carbons (Fsp3) is 0.0526. The molecular weight excluding hydrogens is 334 g/mol. The van der Waals surface area contributed by atoms with Gasteiger partial charge in [0, 0.05) is 40.5 Å². The number of Topliss-reactive ketones (excluding diaryl/α,β-unsaturated/α-hetero) is 1. The molecule has 0 saturated carbocycles. The zero-order valence-corrected chi connectivity index (χ0v) is 13.9. The standard InChI is InChI=1S/C19H15N3O4/c1-12(23)17(10-13-11-20-18-5-3-2-4-16(13)18)19(24)21-14-6-8-15(9-7-14)22(25)26/h2-11,20H,1H3,(H,21,24)/b17-10-. The van der Waals surface area contributed by atoms with Crippen LogP contribution in [0.25, 0.3) is 17.0 Å². The molecule has 0 fully saturated rings. The second-order valence-corrected chi connectivity index (χ2v) is 5.66. The van der Waals surface area contributed by atoms with Gasteiger partial charge in [0.25, 0.3) is 11.6 Å². The average Bonchev–Trinajstić information content (AvgIpc) is 3.02. The third kappa shape index (κ3) is 3.51. The van der Waals surface area contributed by atoms with Gasteiger partial charge in [0.1, 0.15) is 0 Å². The van der Waals surface area contributed by atoms with Crippen LogP contribution in [0, 0.1) is 10.1 Å². The van der Waals surface area contributed by atoms with Crippen LogP contribution in [0.15, 0.2) is 60.3 Å². The number of nitro benzene ring substituents is 1. The number of nitro groups is 1. The minimum atomic E-state index is -0.573. The van der Waals surface area contributed by atoms with Crippen LogP contribution >= 0.6 is 0 Å². The van der Waals surface area contributed by atoms with Crippen molar-refractivity contribution in [1.82, 2.24) is 4.98 Å². The molecule has 0 spiro atoms. The minimum absolute atomic E-state index is 0.00638. The summed E-state index contributed by atoms with van der Waals surface area (Å²) in [6, 6.07) is 13.0. The van der Waals surface area contributed by atoms with Crippen molar-refractivity contribution in [1.29, 1.82) is 0 Å². The van der Waals surface area contributed by atoms with Gasteiger partial charge in [-0.1, -0.05) is 18.2 Å². The highest BCUT2D eigenvalue weighted by Crippen LogP contribution is 2.22. The van der Waals surface area contributed by atoms with Gasteiger partial charge < -0.3 is 10.3 Å². The molecule has 0 radical (unpaired) electrons. The second-order valence-electron chi connectivity index (χ2n) is 5.66. The average molecular weight is 349 g/mol. The number of H-pyrrole nitrogens is 1. The van der Waals surface area contributed by atoms with E-state index < -0.39 is 10.8 Å². The van der Waals surface area contributed by atoms with Gasteiger partial charge in [-0.3, -0.25) is 19.7 Å². The molecule has 1 heterocycles. The van der Waals surface area contributed by atoms with Gasteiger partial charge in [0.2, 0.25) is 0 Å². The lowest BCUT2D eigenvalue weighted by molar-refractivity contribution is -0.384. The first-order chi connectivity index (χ1) is 12.5. The summed E-state index contributed by atoms with van der Waals surface area (Å²) in [6.45, 7) is 1.32. The number of hydrogen-bond acceptors (Lipinski definition) is 4. The number of ketones is 1. The number of aromatic nitrogens is 1. The first-order valence-electron chi connectivity index (χ1n) is 7.80. The van der Waals surface area contributed by atoms with E-state index in [1.807, 2.05) is 24.3 Å². The minimum Gasteiger partial charge on any atom is -0.361 e. The molecule has 7 nitrogen and oxygen atoms in total. The zero-order chi connectivity index (χ0) is 18.7. The smallest absolute Gasteiger partial charge is 0.269 e. The Bertz CT molecular complexity index is 1030. The molecule has 0 saturated heterocycles. The monoisotopic (exact) mass is 349 g/mol. The lowest BCUT2D eigenvalue weighted by Gasteiger charge is -2.06. The van der Waals surface area contributed by atoms with Gasteiger partial charge in [-0.2, -0.15) is 0 Å². The van der Waals surface area contributed by atoms with Crippen LogP contribution in [0.3, 0.4) is 0 Å². The van der Waals surface area contributed by atoms with Crippen molar-refractivity contribution in [3.8, 4) is 0 Å². The quantitative estimate of drug-likeness (QED) is 0.241. The van der Waals surface area contributed by atoms with Crippen molar-refractivity contribution in [2.24, 2.45) is 0 Å². The van der Waals surface area contributed by atoms with E-state index in [9.17, 15) is 19.7 Å². The summed E-state index contributed by atoms with van der Waals surface area (Å²) >= 11 is 0. The molecule has 1 amide bonds. The Labute approximate surface area is 148 Å². The number of para-hydroxylation sites is 1. The number of nitrogens with zero attached hydrogens (tertiary/aromatic N) is 1. The number of fused-ring (bicyclic) bond motifs is 1. The molecule has 3 rings (SSSR count). The van der Waals surface area contributed by atoms with Crippen LogP contribution in [0.5, 0.6) is 0 Å². The first kappa shape index (κ1) is 17.1. The first-order valence-corrected chi connectivity index (χ1v) is 7.80. The number of carbonyl (C=O) groups excluding carboxylic acids is 2. The molecule has 0 aliphatic rings. The molecule has 2 N–H and O–H groups in total. The van der Waals surface area contributed by atoms with Crippen molar-refractivity contribution in [2.45, 2.75) is 6.92 Å². The number of nitrogens with one attached hydrogen (secondary N) is 2. The normalized spacial score (nSPS) is 11.3. The maximum Gasteiger partial charge on any atom is 0.269 e. The number of hydrogen-bond donors (Lipinski definition) is 2. The van der Waals surface area contributed by atoms with E-state index in [4.69, 9.17) is 0 Å². The summed E-state index contributed by atoms with van der Waals surface area (Å²) in [7, 11) is 0. The fourth-order valence-corrected chi connectivity index (χ4v) is 2.56. The van der Waals surface area contributed by atoms with Gasteiger partial charge in [0.15, 0.2) is 5.78 Å². The second kappa shape index (κ2) is 7.02. The highest BCUT2D eigenvalue weighted by Gasteiger charge is 2.16. The van der Waals surface area contributed by atoms with Crippen molar-refractivity contribution in [3.05, 3.63) is 76.0 Å². The molecule has 0 bridgehead atoms. The Morgan fingerprint density at radius 2 is 1.81 bits per heavy atom. The largest absolute Gasteiger partial charge is 0.361 e. The van der Waals surface area contributed by atoms with E-state index in [0.29, 0.717) is 5.69 Å². The molecule has 0 atom stereocenters. The molecule has 0 aliphatic carbocycles. The van der Waals surface area contributed by atoms with Crippen molar-refractivity contribution >= 4 is 40.0 Å². The van der Waals surface area contributed by atoms with Crippen molar-refractivity contribution in [2.75, 3.05) is 5.32 Å². The van der Waals surface area contributed by atoms with Gasteiger partial charge in [-0.15, -0.1) is 0 Å². The third-order valence-corrected chi connectivity index (χ3v) is 3.88. The highest BCUT2D eigenvalue weighted by atomic mass is 16.6. The summed E-state index contributed by atoms with van der Waals surface area (Å²) < 4.78 is 0. The summed E-state index contributed by atoms with van der Waals surface area (Å²) in [5, 5.41) is 14.2. The van der Waals surface area contributed by atoms with Crippen LogP contribution in [0.4, 0.5) is 11.4 Å². The molecule has 1 aromatic heterocycles. The lowest BCUT2D eigenvalue weighted by Crippen LogP contribution is -2.18. The third-order valence-electron chi connectivity index (χ3n) is 3.88. The van der Waals surface area contributed by atoms with Crippen LogP contribution in [0.2, 0.25) is 0 Å². The topological polar surface area (TPSA) is 105 Å². The van der Waals surface area contributed by atoms with E-state index in [0.717, 1.165) is 16.5 Å². The van der Waals surface area contributed by atoms with E-state index in [2.05, 4.69) is 10.3 Å². The van der Waals surface area contributed by atoms with Gasteiger partial charge in [0.05, 0.1) is 10.5 Å². The van der Waals surface area contributed by atoms with Crippen LogP contribution in [-0.4, -0.2) is 21.6 Å². The molecule has 2 aromatic carbocycles. The van der Waals surface area contributed by atoms with Crippen molar-refractivity contribution in [3.63, 3.8) is 0 Å². The summed E-state index contributed by atoms with van der Waals surface area (Å²) in [5.41, 5.74) is 1.91. The molecule has 26 heavy (non-hydrogen) atoms. The molecule has 0 unspecified atom stereocenters. The number of rotatable bonds is 5. The Morgan fingerprint density at radius 3 is 2.46 bits per heavy atom. The maximum absolute atomic E-state index is 12.5. The van der Waals surface area contributed by atoms with E-state index in [1.54, 1.807) is 6.20 Å². The zero-order valence-electron chi connectivity index (χ0n) is 13.9. The number of aromatic amines is 1. The number of non-ortho nitro benzene ring substituents is 1. The number of amides is 1. The predicted molar refractivity (Wildman–Crippen MR) is 98.7 cm³/mol. The van der Waals surface area contributed by atoms with Crippen LogP contribution in [0.1, 0.15) is 12.5 Å². The highest BCUT2D eigenvalue weighted by molar-refractivity contribution is 6.26. The Kier molecular flexibility index (Phi) is 4.62. The summed E-state index contributed by atoms with van der Waals surface area (Å²) in [6.07, 6.45) is 3.26. The van der Waals surface area contributed by atoms with Crippen molar-refractivity contribution < 1.29 is 14.5 Å². The van der Waals surface area contributed by atoms with E-state index >= 15 is 0 Å². The molecular formula is C19H15N3O4.